The molecule has 4 aromatic carbocycles. The molecule has 313 valence electrons. The van der Waals surface area contributed by atoms with Gasteiger partial charge in [-0.2, -0.15) is 0 Å². The third kappa shape index (κ3) is 13.3. The molecule has 0 aromatic heterocycles. The first-order valence-electron chi connectivity index (χ1n) is 19.3. The summed E-state index contributed by atoms with van der Waals surface area (Å²) in [6.07, 6.45) is 13.2. The maximum atomic E-state index is 14.3. The number of rotatable bonds is 9. The predicted molar refractivity (Wildman–Crippen MR) is 225 cm³/mol. The number of halogens is 6. The van der Waals surface area contributed by atoms with E-state index in [-0.39, 0.29) is 31.6 Å². The Balaban J connectivity index is 0.000000359. The summed E-state index contributed by atoms with van der Waals surface area (Å²) in [5, 5.41) is 6.44. The molecule has 0 N–H and O–H groups in total. The fraction of sp³-hybridized carbons (Fsp3) is 0.311. The molecular weight excluding hydrogens is 898 g/mol. The molecule has 1 saturated carbocycles. The zero-order valence-corrected chi connectivity index (χ0v) is 36.7. The van der Waals surface area contributed by atoms with Crippen molar-refractivity contribution < 1.29 is 58.9 Å². The summed E-state index contributed by atoms with van der Waals surface area (Å²) in [6.45, 7) is 6.91. The van der Waals surface area contributed by atoms with Crippen LogP contribution in [0.25, 0.3) is 0 Å². The Labute approximate surface area is 352 Å². The summed E-state index contributed by atoms with van der Waals surface area (Å²) in [5.74, 6) is 2.89. The van der Waals surface area contributed by atoms with E-state index in [1.54, 1.807) is 0 Å². The van der Waals surface area contributed by atoms with Crippen LogP contribution in [0.2, 0.25) is 0 Å². The predicted octanol–water partition coefficient (Wildman–Crippen LogP) is 13.0. The van der Waals surface area contributed by atoms with E-state index in [4.69, 9.17) is 9.47 Å². The van der Waals surface area contributed by atoms with Crippen molar-refractivity contribution in [2.75, 3.05) is 0 Å². The third-order valence-corrected chi connectivity index (χ3v) is 15.6. The molecule has 4 aliphatic rings. The summed E-state index contributed by atoms with van der Waals surface area (Å²) in [6, 6.07) is 42.2. The SMILES string of the molecule is C1=CC2C=CC1C2.CC(C)[C@@H]1CC[C@@H](C)C[C@H]1O[C@H]1OC(=O)C(P(c2ccccc2)c2ccccc2)=C1P(c1ccccc1)c1ccccc1.F[P-](F)(F)(F)(F)F.[Rh]. The van der Waals surface area contributed by atoms with E-state index >= 15 is 0 Å². The average molecular weight is 947 g/mol. The van der Waals surface area contributed by atoms with E-state index in [0.29, 0.717) is 17.8 Å². The number of hydrogen-bond acceptors (Lipinski definition) is 3. The van der Waals surface area contributed by atoms with Crippen LogP contribution in [-0.2, 0) is 33.7 Å². The van der Waals surface area contributed by atoms with Gasteiger partial charge in [0.15, 0.2) is 0 Å². The summed E-state index contributed by atoms with van der Waals surface area (Å²) in [4.78, 5) is 14.3. The average Bonchev–Trinajstić information content (AvgIpc) is 3.90. The summed E-state index contributed by atoms with van der Waals surface area (Å²) < 4.78 is 72.7. The minimum atomic E-state index is -10.7. The zero-order valence-electron chi connectivity index (χ0n) is 32.4. The summed E-state index contributed by atoms with van der Waals surface area (Å²) >= 11 is 0. The first-order chi connectivity index (χ1) is 26.9. The Kier molecular flexibility index (Phi) is 14.9. The fourth-order valence-corrected chi connectivity index (χ4v) is 13.2. The van der Waals surface area contributed by atoms with E-state index in [2.05, 4.69) is 154 Å². The number of allylic oxidation sites excluding steroid dienone is 4. The Morgan fingerprint density at radius 1 is 0.621 bits per heavy atom. The molecule has 3 nitrogen and oxygen atoms in total. The Morgan fingerprint density at radius 3 is 1.34 bits per heavy atom. The monoisotopic (exact) mass is 946 g/mol. The van der Waals surface area contributed by atoms with Gasteiger partial charge in [0, 0.05) is 24.8 Å². The van der Waals surface area contributed by atoms with Crippen LogP contribution in [0.4, 0.5) is 25.2 Å². The smallest absolute Gasteiger partial charge is 0 e. The van der Waals surface area contributed by atoms with E-state index < -0.39 is 29.9 Å². The van der Waals surface area contributed by atoms with Gasteiger partial charge in [0.25, 0.3) is 0 Å². The van der Waals surface area contributed by atoms with Crippen LogP contribution in [-0.4, -0.2) is 18.4 Å². The van der Waals surface area contributed by atoms with E-state index in [9.17, 15) is 30.0 Å². The maximum Gasteiger partial charge on any atom is 0 e. The van der Waals surface area contributed by atoms with Gasteiger partial charge in [-0.1, -0.05) is 173 Å². The van der Waals surface area contributed by atoms with Crippen LogP contribution >= 0.6 is 23.7 Å². The number of fused-ring (bicyclic) bond motifs is 2. The molecule has 0 saturated heterocycles. The fourth-order valence-electron chi connectivity index (χ4n) is 7.83. The quantitative estimate of drug-likeness (QED) is 0.0551. The summed E-state index contributed by atoms with van der Waals surface area (Å²) in [5.41, 5.74) is 0. The minimum absolute atomic E-state index is 0. The Bertz CT molecular complexity index is 1930. The molecule has 13 heteroatoms. The molecule has 2 bridgehead atoms. The van der Waals surface area contributed by atoms with Gasteiger partial charge in [-0.25, -0.2) is 4.79 Å². The third-order valence-electron chi connectivity index (χ3n) is 10.4. The second-order valence-electron chi connectivity index (χ2n) is 15.3. The van der Waals surface area contributed by atoms with Crippen LogP contribution in [0, 0.1) is 29.6 Å². The van der Waals surface area contributed by atoms with Crippen molar-refractivity contribution in [2.45, 2.75) is 58.8 Å². The van der Waals surface area contributed by atoms with E-state index in [0.717, 1.165) is 45.9 Å². The van der Waals surface area contributed by atoms with Crippen molar-refractivity contribution in [1.29, 1.82) is 0 Å². The molecule has 3 aliphatic carbocycles. The van der Waals surface area contributed by atoms with Crippen molar-refractivity contribution in [3.63, 3.8) is 0 Å². The number of benzene rings is 4. The number of cyclic esters (lactones) is 1. The molecule has 0 unspecified atom stereocenters. The zero-order chi connectivity index (χ0) is 40.9. The van der Waals surface area contributed by atoms with Crippen LogP contribution in [0.15, 0.2) is 156 Å². The number of hydrogen-bond donors (Lipinski definition) is 0. The van der Waals surface area contributed by atoms with Gasteiger partial charge in [-0.05, 0) is 85.9 Å². The Morgan fingerprint density at radius 2 is 1.00 bits per heavy atom. The summed E-state index contributed by atoms with van der Waals surface area (Å²) in [7, 11) is -13.0. The van der Waals surface area contributed by atoms with Crippen LogP contribution in [0.3, 0.4) is 0 Å². The Hall–Kier alpha value is -2.98. The largest absolute Gasteiger partial charge is 0 e. The minimum Gasteiger partial charge on any atom is 0 e. The second kappa shape index (κ2) is 18.7. The van der Waals surface area contributed by atoms with Gasteiger partial charge in [-0.15, -0.1) is 0 Å². The standard InChI is InChI=1S/C38H40O3P2.C7H8.F6P.Rh/c1-27(2)33-25-24-28(3)26-34(33)40-38-36(43(31-20-12-6-13-21-31)32-22-14-7-15-23-32)35(37(39)41-38)42(29-16-8-4-9-17-29)30-18-10-5-11-19-30;1-2-7-4-3-6(1)5-7;1-7(2,3,4,5)6;/h4-23,27-28,33-34,38H,24-26H2,1-3H3;1-4,6-7H,5H2;;/q;;-1;/t28-,33+,34-,38+;;;/m1.../s1. The number of carbonyl (C=O) groups excluding carboxylic acids is 1. The number of carbonyl (C=O) groups is 1. The first kappa shape index (κ1) is 46.1. The first-order valence-corrected chi connectivity index (χ1v) is 24.0. The second-order valence-corrected chi connectivity index (χ2v) is 21.5. The van der Waals surface area contributed by atoms with Crippen molar-refractivity contribution in [1.82, 2.24) is 0 Å². The van der Waals surface area contributed by atoms with Crippen molar-refractivity contribution in [3.8, 4) is 0 Å². The molecule has 1 fully saturated rings. The molecule has 1 heterocycles. The van der Waals surface area contributed by atoms with Gasteiger partial charge in [0.2, 0.25) is 6.29 Å². The molecule has 1 aliphatic heterocycles. The normalized spacial score (nSPS) is 24.7. The molecule has 8 rings (SSSR count). The number of ether oxygens (including phenoxy) is 2. The van der Waals surface area contributed by atoms with Crippen molar-refractivity contribution in [3.05, 3.63) is 156 Å². The topological polar surface area (TPSA) is 35.5 Å². The van der Waals surface area contributed by atoms with Gasteiger partial charge in [-0.3, -0.25) is 0 Å². The van der Waals surface area contributed by atoms with Gasteiger partial charge in [0.05, 0.1) is 11.4 Å². The van der Waals surface area contributed by atoms with Crippen LogP contribution in [0.5, 0.6) is 0 Å². The van der Waals surface area contributed by atoms with Crippen molar-refractivity contribution in [2.24, 2.45) is 29.6 Å². The molecule has 58 heavy (non-hydrogen) atoms. The van der Waals surface area contributed by atoms with E-state index in [1.165, 1.54) is 23.5 Å². The molecule has 1 radical (unpaired) electrons. The number of esters is 1. The van der Waals surface area contributed by atoms with Crippen LogP contribution in [0.1, 0.15) is 46.5 Å². The maximum absolute atomic E-state index is 14.3. The molecular formula is C45H48F6O3P3Rh-. The van der Waals surface area contributed by atoms with Gasteiger partial charge < -0.3 is 9.47 Å². The molecule has 4 aromatic rings. The van der Waals surface area contributed by atoms with Gasteiger partial charge in [0.1, 0.15) is 0 Å². The molecule has 0 spiro atoms. The van der Waals surface area contributed by atoms with E-state index in [1.807, 2.05) is 12.1 Å². The van der Waals surface area contributed by atoms with Crippen molar-refractivity contribution >= 4 is 50.8 Å². The van der Waals surface area contributed by atoms with Gasteiger partial charge >= 0.3 is 39.0 Å². The van der Waals surface area contributed by atoms with Crippen LogP contribution < -0.4 is 21.2 Å². The molecule has 4 atom stereocenters. The molecule has 0 amide bonds.